The lowest BCUT2D eigenvalue weighted by Gasteiger charge is -2.23. The van der Waals surface area contributed by atoms with Gasteiger partial charge < -0.3 is 19.3 Å². The number of aliphatic hydroxyl groups is 1. The molecule has 2 atom stereocenters. The minimum atomic E-state index is -0.556. The molecule has 2 aromatic carbocycles. The van der Waals surface area contributed by atoms with Crippen molar-refractivity contribution in [2.24, 2.45) is 5.92 Å². The Morgan fingerprint density at radius 2 is 1.78 bits per heavy atom. The molecule has 6 heteroatoms. The number of carbonyl (C=O) groups excluding carboxylic acids is 1. The lowest BCUT2D eigenvalue weighted by Crippen LogP contribution is -2.21. The molecule has 2 aromatic rings. The number of benzene rings is 2. The molecule has 1 amide bonds. The summed E-state index contributed by atoms with van der Waals surface area (Å²) < 4.78 is 16.1. The minimum Gasteiger partial charge on any atom is -0.497 e. The Kier molecular flexibility index (Phi) is 7.70. The van der Waals surface area contributed by atoms with Crippen LogP contribution in [0.4, 0.5) is 10.5 Å². The molecular weight excluding hydrogens is 346 g/mol. The maximum Gasteiger partial charge on any atom is 0.412 e. The molecule has 27 heavy (non-hydrogen) atoms. The first kappa shape index (κ1) is 20.3. The smallest absolute Gasteiger partial charge is 0.412 e. The van der Waals surface area contributed by atoms with Gasteiger partial charge in [-0.1, -0.05) is 25.1 Å². The lowest BCUT2D eigenvalue weighted by molar-refractivity contribution is 0.0897. The van der Waals surface area contributed by atoms with Gasteiger partial charge in [0.05, 0.1) is 13.7 Å². The summed E-state index contributed by atoms with van der Waals surface area (Å²) >= 11 is 0. The quantitative estimate of drug-likeness (QED) is 0.647. The summed E-state index contributed by atoms with van der Waals surface area (Å²) in [4.78, 5) is 12.3. The van der Waals surface area contributed by atoms with Gasteiger partial charge in [-0.3, -0.25) is 5.32 Å². The third kappa shape index (κ3) is 6.04. The molecule has 0 aliphatic carbocycles. The van der Waals surface area contributed by atoms with Gasteiger partial charge in [-0.25, -0.2) is 4.79 Å². The van der Waals surface area contributed by atoms with Crippen LogP contribution in [0, 0.1) is 5.92 Å². The van der Waals surface area contributed by atoms with Crippen molar-refractivity contribution in [1.29, 1.82) is 0 Å². The van der Waals surface area contributed by atoms with E-state index in [-0.39, 0.29) is 19.1 Å². The lowest BCUT2D eigenvalue weighted by atomic mass is 9.97. The fourth-order valence-corrected chi connectivity index (χ4v) is 2.46. The van der Waals surface area contributed by atoms with Gasteiger partial charge in [-0.05, 0) is 42.0 Å². The normalized spacial score (nSPS) is 12.6. The van der Waals surface area contributed by atoms with Gasteiger partial charge in [0.25, 0.3) is 0 Å². The number of ether oxygens (including phenoxy) is 3. The van der Waals surface area contributed by atoms with Crippen molar-refractivity contribution in [1.82, 2.24) is 0 Å². The Bertz CT molecular complexity index is 727. The SMILES string of the molecule is C=C[C@H](C)[C@H](OC(=O)Nc1ccc(OC)cc1)c1ccc(OCCO)cc1. The van der Waals surface area contributed by atoms with Crippen LogP contribution in [0.3, 0.4) is 0 Å². The zero-order valence-corrected chi connectivity index (χ0v) is 15.6. The molecule has 0 saturated heterocycles. The number of amides is 1. The van der Waals surface area contributed by atoms with Gasteiger partial charge in [-0.15, -0.1) is 6.58 Å². The van der Waals surface area contributed by atoms with E-state index in [0.717, 1.165) is 5.56 Å². The fourth-order valence-electron chi connectivity index (χ4n) is 2.46. The van der Waals surface area contributed by atoms with E-state index in [1.807, 2.05) is 19.1 Å². The highest BCUT2D eigenvalue weighted by atomic mass is 16.6. The Balaban J connectivity index is 2.06. The molecule has 144 valence electrons. The van der Waals surface area contributed by atoms with E-state index in [4.69, 9.17) is 19.3 Å². The third-order valence-electron chi connectivity index (χ3n) is 3.99. The summed E-state index contributed by atoms with van der Waals surface area (Å²) in [6.45, 7) is 5.90. The van der Waals surface area contributed by atoms with Crippen LogP contribution in [0.15, 0.2) is 61.2 Å². The Morgan fingerprint density at radius 3 is 2.33 bits per heavy atom. The molecule has 0 radical (unpaired) electrons. The van der Waals surface area contributed by atoms with Gasteiger partial charge in [0.15, 0.2) is 0 Å². The number of anilines is 1. The summed E-state index contributed by atoms with van der Waals surface area (Å²) in [7, 11) is 1.58. The van der Waals surface area contributed by atoms with Crippen molar-refractivity contribution in [3.63, 3.8) is 0 Å². The molecule has 0 aliphatic heterocycles. The molecule has 0 aromatic heterocycles. The maximum atomic E-state index is 12.3. The van der Waals surface area contributed by atoms with Crippen LogP contribution >= 0.6 is 0 Å². The second-order valence-corrected chi connectivity index (χ2v) is 5.92. The molecule has 6 nitrogen and oxygen atoms in total. The highest BCUT2D eigenvalue weighted by Gasteiger charge is 2.22. The number of carbonyl (C=O) groups is 1. The maximum absolute atomic E-state index is 12.3. The zero-order valence-electron chi connectivity index (χ0n) is 15.6. The van der Waals surface area contributed by atoms with Gasteiger partial charge >= 0.3 is 6.09 Å². The van der Waals surface area contributed by atoms with Crippen molar-refractivity contribution in [2.75, 3.05) is 25.6 Å². The predicted octanol–water partition coefficient (Wildman–Crippen LogP) is 4.18. The molecule has 2 N–H and O–H groups in total. The van der Waals surface area contributed by atoms with Crippen LogP contribution in [-0.4, -0.2) is 31.5 Å². The number of aliphatic hydroxyl groups excluding tert-OH is 1. The molecule has 0 unspecified atom stereocenters. The number of methoxy groups -OCH3 is 1. The van der Waals surface area contributed by atoms with E-state index in [1.54, 1.807) is 49.6 Å². The highest BCUT2D eigenvalue weighted by Crippen LogP contribution is 2.29. The summed E-state index contributed by atoms with van der Waals surface area (Å²) in [5.41, 5.74) is 1.43. The predicted molar refractivity (Wildman–Crippen MR) is 104 cm³/mol. The van der Waals surface area contributed by atoms with E-state index in [0.29, 0.717) is 17.2 Å². The molecule has 0 saturated carbocycles. The molecule has 0 heterocycles. The second-order valence-electron chi connectivity index (χ2n) is 5.92. The van der Waals surface area contributed by atoms with E-state index in [2.05, 4.69) is 11.9 Å². The first-order valence-electron chi connectivity index (χ1n) is 8.65. The van der Waals surface area contributed by atoms with Crippen LogP contribution in [-0.2, 0) is 4.74 Å². The topological polar surface area (TPSA) is 77.0 Å². The zero-order chi connectivity index (χ0) is 19.6. The van der Waals surface area contributed by atoms with Gasteiger partial charge in [-0.2, -0.15) is 0 Å². The van der Waals surface area contributed by atoms with Crippen LogP contribution < -0.4 is 14.8 Å². The van der Waals surface area contributed by atoms with E-state index >= 15 is 0 Å². The Hall–Kier alpha value is -2.99. The largest absolute Gasteiger partial charge is 0.497 e. The van der Waals surface area contributed by atoms with Crippen molar-refractivity contribution in [2.45, 2.75) is 13.0 Å². The first-order chi connectivity index (χ1) is 13.1. The summed E-state index contributed by atoms with van der Waals surface area (Å²) in [6, 6.07) is 14.2. The summed E-state index contributed by atoms with van der Waals surface area (Å²) in [6.07, 6.45) is 0.689. The van der Waals surface area contributed by atoms with Crippen molar-refractivity contribution >= 4 is 11.8 Å². The van der Waals surface area contributed by atoms with Crippen molar-refractivity contribution in [3.8, 4) is 11.5 Å². The minimum absolute atomic E-state index is 0.0491. The first-order valence-corrected chi connectivity index (χ1v) is 8.65. The molecule has 0 spiro atoms. The standard InChI is InChI=1S/C21H25NO5/c1-4-15(2)20(16-5-9-19(10-6-16)26-14-13-23)27-21(24)22-17-7-11-18(25-3)12-8-17/h4-12,15,20,23H,1,13-14H2,2-3H3,(H,22,24)/t15-,20-/m0/s1. The fraction of sp³-hybridized carbons (Fsp3) is 0.286. The van der Waals surface area contributed by atoms with Gasteiger partial charge in [0.1, 0.15) is 24.2 Å². The second kappa shape index (κ2) is 10.2. The Morgan fingerprint density at radius 1 is 1.15 bits per heavy atom. The van der Waals surface area contributed by atoms with E-state index in [1.165, 1.54) is 0 Å². The highest BCUT2D eigenvalue weighted by molar-refractivity contribution is 5.84. The number of nitrogens with one attached hydrogen (secondary N) is 1. The van der Waals surface area contributed by atoms with Crippen molar-refractivity contribution in [3.05, 3.63) is 66.7 Å². The average molecular weight is 371 g/mol. The van der Waals surface area contributed by atoms with Crippen LogP contribution in [0.1, 0.15) is 18.6 Å². The van der Waals surface area contributed by atoms with Gasteiger partial charge in [0.2, 0.25) is 0 Å². The number of hydrogen-bond acceptors (Lipinski definition) is 5. The third-order valence-corrected chi connectivity index (χ3v) is 3.99. The average Bonchev–Trinajstić information content (AvgIpc) is 2.71. The van der Waals surface area contributed by atoms with Crippen molar-refractivity contribution < 1.29 is 24.1 Å². The molecule has 0 aliphatic rings. The number of rotatable bonds is 9. The van der Waals surface area contributed by atoms with Crippen LogP contribution in [0.5, 0.6) is 11.5 Å². The molecule has 0 bridgehead atoms. The monoisotopic (exact) mass is 371 g/mol. The summed E-state index contributed by atoms with van der Waals surface area (Å²) in [5, 5.41) is 11.5. The van der Waals surface area contributed by atoms with Crippen LogP contribution in [0.2, 0.25) is 0 Å². The number of hydrogen-bond donors (Lipinski definition) is 2. The van der Waals surface area contributed by atoms with E-state index < -0.39 is 12.2 Å². The van der Waals surface area contributed by atoms with Crippen LogP contribution in [0.25, 0.3) is 0 Å². The summed E-state index contributed by atoms with van der Waals surface area (Å²) in [5.74, 6) is 1.26. The van der Waals surface area contributed by atoms with Gasteiger partial charge in [0, 0.05) is 11.6 Å². The molecular formula is C21H25NO5. The van der Waals surface area contributed by atoms with E-state index in [9.17, 15) is 4.79 Å². The Labute approximate surface area is 159 Å². The molecule has 0 fully saturated rings. The molecule has 2 rings (SSSR count).